The maximum Gasteiger partial charge on any atom is 0.264 e. The summed E-state index contributed by atoms with van der Waals surface area (Å²) in [4.78, 5) is 15.1. The molecule has 1 fully saturated rings. The number of amides is 1. The predicted octanol–water partition coefficient (Wildman–Crippen LogP) is 3.75. The number of likely N-dealkylation sites (tertiary alicyclic amines) is 1. The number of carbonyl (C=O) groups excluding carboxylic acids is 1. The fourth-order valence-corrected chi connectivity index (χ4v) is 4.05. The zero-order valence-corrected chi connectivity index (χ0v) is 14.4. The number of hydrogen-bond donors (Lipinski definition) is 0. The van der Waals surface area contributed by atoms with Crippen molar-refractivity contribution >= 4 is 28.8 Å². The van der Waals surface area contributed by atoms with E-state index in [1.165, 1.54) is 11.3 Å². The molecular weight excluding hydrogens is 344 g/mol. The SMILES string of the molecule is O=C(c1ccc(Cl)s1)N1CCC(n2cnnc2-c2ccccc2)C1. The van der Waals surface area contributed by atoms with Crippen LogP contribution in [0.1, 0.15) is 22.1 Å². The lowest BCUT2D eigenvalue weighted by molar-refractivity contribution is 0.0792. The van der Waals surface area contributed by atoms with Crippen molar-refractivity contribution in [1.29, 1.82) is 0 Å². The molecule has 1 atom stereocenters. The number of aromatic nitrogens is 3. The van der Waals surface area contributed by atoms with Gasteiger partial charge in [-0.1, -0.05) is 41.9 Å². The van der Waals surface area contributed by atoms with Gasteiger partial charge in [0.2, 0.25) is 0 Å². The third kappa shape index (κ3) is 2.83. The van der Waals surface area contributed by atoms with Crippen LogP contribution in [0.5, 0.6) is 0 Å². The fraction of sp³-hybridized carbons (Fsp3) is 0.235. The van der Waals surface area contributed by atoms with Crippen molar-refractivity contribution in [2.45, 2.75) is 12.5 Å². The second-order valence-electron chi connectivity index (χ2n) is 5.73. The topological polar surface area (TPSA) is 51.0 Å². The van der Waals surface area contributed by atoms with Gasteiger partial charge in [0.15, 0.2) is 5.82 Å². The first-order valence-corrected chi connectivity index (χ1v) is 8.91. The largest absolute Gasteiger partial charge is 0.336 e. The minimum atomic E-state index is 0.0451. The Balaban J connectivity index is 1.54. The molecule has 122 valence electrons. The highest BCUT2D eigenvalue weighted by molar-refractivity contribution is 7.17. The fourth-order valence-electron chi connectivity index (χ4n) is 3.04. The number of carbonyl (C=O) groups is 1. The summed E-state index contributed by atoms with van der Waals surface area (Å²) in [6.07, 6.45) is 2.64. The van der Waals surface area contributed by atoms with Gasteiger partial charge in [0.25, 0.3) is 5.91 Å². The van der Waals surface area contributed by atoms with E-state index in [-0.39, 0.29) is 11.9 Å². The summed E-state index contributed by atoms with van der Waals surface area (Å²) in [5.74, 6) is 0.887. The first-order chi connectivity index (χ1) is 11.7. The maximum atomic E-state index is 12.6. The normalized spacial score (nSPS) is 17.4. The van der Waals surface area contributed by atoms with Crippen LogP contribution in [0.15, 0.2) is 48.8 Å². The highest BCUT2D eigenvalue weighted by atomic mass is 35.5. The van der Waals surface area contributed by atoms with Gasteiger partial charge in [0, 0.05) is 18.7 Å². The Bertz CT molecular complexity index is 860. The van der Waals surface area contributed by atoms with Gasteiger partial charge in [0.05, 0.1) is 15.3 Å². The van der Waals surface area contributed by atoms with Crippen LogP contribution >= 0.6 is 22.9 Å². The van der Waals surface area contributed by atoms with Crippen LogP contribution in [0, 0.1) is 0 Å². The van der Waals surface area contributed by atoms with E-state index < -0.39 is 0 Å². The van der Waals surface area contributed by atoms with E-state index in [9.17, 15) is 4.79 Å². The Morgan fingerprint density at radius 2 is 2.04 bits per heavy atom. The number of hydrogen-bond acceptors (Lipinski definition) is 4. The highest BCUT2D eigenvalue weighted by Crippen LogP contribution is 2.29. The average Bonchev–Trinajstić information content (AvgIpc) is 3.34. The quantitative estimate of drug-likeness (QED) is 0.716. The third-order valence-corrected chi connectivity index (χ3v) is 5.45. The lowest BCUT2D eigenvalue weighted by Gasteiger charge is -2.17. The van der Waals surface area contributed by atoms with Crippen LogP contribution < -0.4 is 0 Å². The van der Waals surface area contributed by atoms with Crippen LogP contribution in [0.4, 0.5) is 0 Å². The summed E-state index contributed by atoms with van der Waals surface area (Å²) in [5.41, 5.74) is 1.03. The number of benzene rings is 1. The molecule has 4 rings (SSSR count). The van der Waals surface area contributed by atoms with E-state index in [4.69, 9.17) is 11.6 Å². The number of rotatable bonds is 3. The summed E-state index contributed by atoms with van der Waals surface area (Å²) >= 11 is 7.26. The third-order valence-electron chi connectivity index (χ3n) is 4.23. The number of nitrogens with zero attached hydrogens (tertiary/aromatic N) is 4. The summed E-state index contributed by atoms with van der Waals surface area (Å²) in [6.45, 7) is 1.39. The van der Waals surface area contributed by atoms with Gasteiger partial charge in [-0.05, 0) is 18.6 Å². The van der Waals surface area contributed by atoms with Crippen LogP contribution in [0.3, 0.4) is 0 Å². The zero-order chi connectivity index (χ0) is 16.5. The van der Waals surface area contributed by atoms with E-state index in [2.05, 4.69) is 14.8 Å². The number of halogens is 1. The maximum absolute atomic E-state index is 12.6. The lowest BCUT2D eigenvalue weighted by atomic mass is 10.2. The van der Waals surface area contributed by atoms with Crippen LogP contribution in [0.25, 0.3) is 11.4 Å². The molecular formula is C17H15ClN4OS. The smallest absolute Gasteiger partial charge is 0.264 e. The second-order valence-corrected chi connectivity index (χ2v) is 7.44. The minimum Gasteiger partial charge on any atom is -0.336 e. The monoisotopic (exact) mass is 358 g/mol. The summed E-state index contributed by atoms with van der Waals surface area (Å²) in [5, 5.41) is 8.33. The number of thiophene rings is 1. The molecule has 0 N–H and O–H groups in total. The molecule has 0 spiro atoms. The molecule has 1 amide bonds. The molecule has 2 aromatic heterocycles. The van der Waals surface area contributed by atoms with Crippen LogP contribution in [-0.2, 0) is 0 Å². The molecule has 0 radical (unpaired) electrons. The Kier molecular flexibility index (Phi) is 4.08. The molecule has 0 bridgehead atoms. The van der Waals surface area contributed by atoms with Crippen molar-refractivity contribution in [3.05, 3.63) is 58.0 Å². The lowest BCUT2D eigenvalue weighted by Crippen LogP contribution is -2.28. The van der Waals surface area contributed by atoms with Crippen molar-refractivity contribution in [3.8, 4) is 11.4 Å². The zero-order valence-electron chi connectivity index (χ0n) is 12.8. The minimum absolute atomic E-state index is 0.0451. The van der Waals surface area contributed by atoms with E-state index in [1.807, 2.05) is 35.2 Å². The summed E-state index contributed by atoms with van der Waals surface area (Å²) in [7, 11) is 0. The van der Waals surface area contributed by atoms with E-state index in [0.29, 0.717) is 15.8 Å². The van der Waals surface area contributed by atoms with Gasteiger partial charge in [-0.25, -0.2) is 0 Å². The Morgan fingerprint density at radius 1 is 1.21 bits per heavy atom. The predicted molar refractivity (Wildman–Crippen MR) is 94.3 cm³/mol. The van der Waals surface area contributed by atoms with Gasteiger partial charge >= 0.3 is 0 Å². The molecule has 1 unspecified atom stereocenters. The van der Waals surface area contributed by atoms with Crippen molar-refractivity contribution in [2.75, 3.05) is 13.1 Å². The van der Waals surface area contributed by atoms with Gasteiger partial charge in [0.1, 0.15) is 6.33 Å². The molecule has 0 aliphatic carbocycles. The molecule has 24 heavy (non-hydrogen) atoms. The molecule has 1 aromatic carbocycles. The summed E-state index contributed by atoms with van der Waals surface area (Å²) in [6, 6.07) is 13.7. The second kappa shape index (κ2) is 6.37. The van der Waals surface area contributed by atoms with E-state index in [1.54, 1.807) is 18.5 Å². The van der Waals surface area contributed by atoms with Crippen molar-refractivity contribution in [1.82, 2.24) is 19.7 Å². The summed E-state index contributed by atoms with van der Waals surface area (Å²) < 4.78 is 2.71. The average molecular weight is 359 g/mol. The van der Waals surface area contributed by atoms with Crippen molar-refractivity contribution in [2.24, 2.45) is 0 Å². The molecule has 7 heteroatoms. The first kappa shape index (κ1) is 15.4. The molecule has 1 aliphatic rings. The van der Waals surface area contributed by atoms with Gasteiger partial charge < -0.3 is 9.47 Å². The van der Waals surface area contributed by atoms with E-state index in [0.717, 1.165) is 24.4 Å². The molecule has 5 nitrogen and oxygen atoms in total. The van der Waals surface area contributed by atoms with Crippen LogP contribution in [0.2, 0.25) is 4.34 Å². The van der Waals surface area contributed by atoms with Crippen LogP contribution in [-0.4, -0.2) is 38.7 Å². The Hall–Kier alpha value is -2.18. The Morgan fingerprint density at radius 3 is 2.79 bits per heavy atom. The first-order valence-electron chi connectivity index (χ1n) is 7.72. The standard InChI is InChI=1S/C17H15ClN4OS/c18-15-7-6-14(24-15)17(23)21-9-8-13(10-21)22-11-19-20-16(22)12-4-2-1-3-5-12/h1-7,11,13H,8-10H2. The van der Waals surface area contributed by atoms with E-state index >= 15 is 0 Å². The molecule has 1 saturated heterocycles. The molecule has 3 heterocycles. The molecule has 3 aromatic rings. The van der Waals surface area contributed by atoms with Crippen molar-refractivity contribution < 1.29 is 4.79 Å². The molecule has 1 aliphatic heterocycles. The molecule has 0 saturated carbocycles. The van der Waals surface area contributed by atoms with Crippen molar-refractivity contribution in [3.63, 3.8) is 0 Å². The van der Waals surface area contributed by atoms with Gasteiger partial charge in [-0.15, -0.1) is 21.5 Å². The Labute approximate surface area is 148 Å². The van der Waals surface area contributed by atoms with Gasteiger partial charge in [-0.3, -0.25) is 4.79 Å². The van der Waals surface area contributed by atoms with Gasteiger partial charge in [-0.2, -0.15) is 0 Å². The highest BCUT2D eigenvalue weighted by Gasteiger charge is 2.30.